The van der Waals surface area contributed by atoms with Gasteiger partial charge in [-0.15, -0.1) is 11.6 Å². The van der Waals surface area contributed by atoms with E-state index in [0.717, 1.165) is 14.7 Å². The predicted molar refractivity (Wildman–Crippen MR) is 96.5 cm³/mol. The number of carbonyl (C=O) groups excluding carboxylic acids is 1. The van der Waals surface area contributed by atoms with Crippen LogP contribution < -0.4 is 11.2 Å². The molecule has 1 aliphatic heterocycles. The molecule has 0 radical (unpaired) electrons. The second kappa shape index (κ2) is 6.80. The molecule has 0 saturated carbocycles. The summed E-state index contributed by atoms with van der Waals surface area (Å²) in [7, 11) is 2.67. The number of hydrazone groups is 1. The average molecular weight is 377 g/mol. The number of benzene rings is 1. The van der Waals surface area contributed by atoms with Crippen molar-refractivity contribution in [2.45, 2.75) is 12.5 Å². The number of halogens is 1. The zero-order valence-electron chi connectivity index (χ0n) is 14.2. The summed E-state index contributed by atoms with van der Waals surface area (Å²) >= 11 is 5.69. The first-order valence-corrected chi connectivity index (χ1v) is 8.40. The van der Waals surface area contributed by atoms with E-state index in [4.69, 9.17) is 11.6 Å². The smallest absolute Gasteiger partial charge is 0.333 e. The van der Waals surface area contributed by atoms with Gasteiger partial charge in [0.05, 0.1) is 11.8 Å². The van der Waals surface area contributed by atoms with Gasteiger partial charge in [0, 0.05) is 20.5 Å². The predicted octanol–water partition coefficient (Wildman–Crippen LogP) is 0.706. The van der Waals surface area contributed by atoms with Crippen LogP contribution in [0.25, 0.3) is 0 Å². The fourth-order valence-electron chi connectivity index (χ4n) is 2.97. The number of alkyl halides is 1. The highest BCUT2D eigenvalue weighted by atomic mass is 35.5. The van der Waals surface area contributed by atoms with Gasteiger partial charge in [0.1, 0.15) is 11.4 Å². The molecule has 0 unspecified atom stereocenters. The number of amides is 1. The Morgan fingerprint density at radius 3 is 2.50 bits per heavy atom. The normalized spacial score (nSPS) is 16.7. The Bertz CT molecular complexity index is 1010. The van der Waals surface area contributed by atoms with Crippen LogP contribution in [0.4, 0.5) is 0 Å². The maximum atomic E-state index is 12.5. The van der Waals surface area contributed by atoms with Gasteiger partial charge in [-0.25, -0.2) is 9.80 Å². The molecule has 1 aliphatic rings. The second-order valence-electron chi connectivity index (χ2n) is 5.95. The van der Waals surface area contributed by atoms with E-state index in [9.17, 15) is 19.5 Å². The molecule has 0 aliphatic carbocycles. The third-order valence-electron chi connectivity index (χ3n) is 4.39. The molecule has 3 rings (SSSR count). The van der Waals surface area contributed by atoms with Crippen molar-refractivity contribution in [3.05, 3.63) is 62.3 Å². The van der Waals surface area contributed by atoms with Gasteiger partial charge in [-0.3, -0.25) is 18.7 Å². The molecule has 1 N–H and O–H groups in total. The SMILES string of the molecule is Cn1c(O)c(C2=NN(C(=O)CCl)[C@H](c3ccccc3)C2)c(=O)n(C)c1=O. The fraction of sp³-hybridized carbons (Fsp3) is 0.294. The van der Waals surface area contributed by atoms with E-state index >= 15 is 0 Å². The van der Waals surface area contributed by atoms with Crippen LogP contribution in [-0.2, 0) is 18.9 Å². The van der Waals surface area contributed by atoms with Gasteiger partial charge in [-0.05, 0) is 5.56 Å². The van der Waals surface area contributed by atoms with E-state index in [1.165, 1.54) is 19.1 Å². The maximum absolute atomic E-state index is 12.5. The molecular weight excluding hydrogens is 360 g/mol. The van der Waals surface area contributed by atoms with E-state index < -0.39 is 29.1 Å². The maximum Gasteiger partial charge on any atom is 0.333 e. The Hall–Kier alpha value is -2.87. The molecule has 0 fully saturated rings. The molecule has 9 heteroatoms. The Morgan fingerprint density at radius 2 is 1.88 bits per heavy atom. The first-order valence-electron chi connectivity index (χ1n) is 7.86. The van der Waals surface area contributed by atoms with Crippen molar-refractivity contribution >= 4 is 23.2 Å². The van der Waals surface area contributed by atoms with Crippen LogP contribution in [0.5, 0.6) is 5.88 Å². The van der Waals surface area contributed by atoms with E-state index in [1.54, 1.807) is 0 Å². The van der Waals surface area contributed by atoms with Crippen molar-refractivity contribution in [3.63, 3.8) is 0 Å². The van der Waals surface area contributed by atoms with Gasteiger partial charge in [0.25, 0.3) is 11.5 Å². The third kappa shape index (κ3) is 2.82. The number of hydrogen-bond donors (Lipinski definition) is 1. The Kier molecular flexibility index (Phi) is 4.69. The minimum atomic E-state index is -0.670. The highest BCUT2D eigenvalue weighted by molar-refractivity contribution is 6.27. The van der Waals surface area contributed by atoms with E-state index in [-0.39, 0.29) is 23.6 Å². The molecule has 1 amide bonds. The molecule has 2 heterocycles. The van der Waals surface area contributed by atoms with Gasteiger partial charge in [-0.1, -0.05) is 30.3 Å². The lowest BCUT2D eigenvalue weighted by Gasteiger charge is -2.21. The van der Waals surface area contributed by atoms with Gasteiger partial charge in [-0.2, -0.15) is 5.10 Å². The summed E-state index contributed by atoms with van der Waals surface area (Å²) in [4.78, 5) is 36.7. The summed E-state index contributed by atoms with van der Waals surface area (Å²) in [5.74, 6) is -1.17. The molecule has 0 spiro atoms. The summed E-state index contributed by atoms with van der Waals surface area (Å²) < 4.78 is 1.85. The highest BCUT2D eigenvalue weighted by Gasteiger charge is 2.35. The molecule has 1 aromatic heterocycles. The van der Waals surface area contributed by atoms with Gasteiger partial charge >= 0.3 is 5.69 Å². The van der Waals surface area contributed by atoms with Gasteiger partial charge in [0.2, 0.25) is 5.88 Å². The van der Waals surface area contributed by atoms with Crippen LogP contribution in [0.1, 0.15) is 23.6 Å². The quantitative estimate of drug-likeness (QED) is 0.798. The Labute approximate surface area is 153 Å². The first kappa shape index (κ1) is 17.9. The summed E-state index contributed by atoms with van der Waals surface area (Å²) in [6.07, 6.45) is 0.216. The monoisotopic (exact) mass is 376 g/mol. The molecule has 8 nitrogen and oxygen atoms in total. The summed E-state index contributed by atoms with van der Waals surface area (Å²) in [5.41, 5.74) is -0.364. The number of carbonyl (C=O) groups is 1. The van der Waals surface area contributed by atoms with Crippen molar-refractivity contribution in [1.82, 2.24) is 14.1 Å². The topological polar surface area (TPSA) is 96.9 Å². The fourth-order valence-corrected chi connectivity index (χ4v) is 3.10. The minimum absolute atomic E-state index is 0.0968. The van der Waals surface area contributed by atoms with Crippen LogP contribution in [0.3, 0.4) is 0 Å². The lowest BCUT2D eigenvalue weighted by atomic mass is 9.99. The second-order valence-corrected chi connectivity index (χ2v) is 6.22. The lowest BCUT2D eigenvalue weighted by Crippen LogP contribution is -2.39. The molecular formula is C17H17ClN4O4. The molecule has 0 bridgehead atoms. The van der Waals surface area contributed by atoms with Crippen LogP contribution >= 0.6 is 11.6 Å². The van der Waals surface area contributed by atoms with Gasteiger partial charge in [0.15, 0.2) is 0 Å². The number of aromatic nitrogens is 2. The lowest BCUT2D eigenvalue weighted by molar-refractivity contribution is -0.130. The standard InChI is InChI=1S/C17H17ClN4O4/c1-20-15(24)14(16(25)21(2)17(20)26)11-8-12(10-6-4-3-5-7-10)22(19-11)13(23)9-18/h3-7,12,24H,8-9H2,1-2H3/t12-/m0/s1. The van der Waals surface area contributed by atoms with Crippen molar-refractivity contribution < 1.29 is 9.90 Å². The van der Waals surface area contributed by atoms with Crippen LogP contribution in [0.15, 0.2) is 45.0 Å². The van der Waals surface area contributed by atoms with E-state index in [0.29, 0.717) is 0 Å². The van der Waals surface area contributed by atoms with Crippen molar-refractivity contribution in [2.24, 2.45) is 19.2 Å². The van der Waals surface area contributed by atoms with Crippen LogP contribution in [0.2, 0.25) is 0 Å². The number of aromatic hydroxyl groups is 1. The Balaban J connectivity index is 2.15. The van der Waals surface area contributed by atoms with E-state index in [2.05, 4.69) is 5.10 Å². The zero-order valence-corrected chi connectivity index (χ0v) is 15.0. The molecule has 0 saturated heterocycles. The molecule has 1 aromatic carbocycles. The van der Waals surface area contributed by atoms with E-state index in [1.807, 2.05) is 30.3 Å². The van der Waals surface area contributed by atoms with Crippen molar-refractivity contribution in [2.75, 3.05) is 5.88 Å². The Morgan fingerprint density at radius 1 is 1.23 bits per heavy atom. The summed E-state index contributed by atoms with van der Waals surface area (Å²) in [5, 5.41) is 15.8. The largest absolute Gasteiger partial charge is 0.494 e. The average Bonchev–Trinajstić information content (AvgIpc) is 3.10. The molecule has 136 valence electrons. The third-order valence-corrected chi connectivity index (χ3v) is 4.62. The first-order chi connectivity index (χ1) is 12.4. The minimum Gasteiger partial charge on any atom is -0.494 e. The highest BCUT2D eigenvalue weighted by Crippen LogP contribution is 2.33. The number of rotatable bonds is 3. The molecule has 2 aromatic rings. The van der Waals surface area contributed by atoms with Gasteiger partial charge < -0.3 is 5.11 Å². The number of nitrogens with zero attached hydrogens (tertiary/aromatic N) is 4. The molecule has 1 atom stereocenters. The summed E-state index contributed by atoms with van der Waals surface area (Å²) in [6, 6.07) is 8.76. The van der Waals surface area contributed by atoms with Crippen LogP contribution in [-0.4, -0.2) is 36.7 Å². The summed E-state index contributed by atoms with van der Waals surface area (Å²) in [6.45, 7) is 0. The van der Waals surface area contributed by atoms with Crippen molar-refractivity contribution in [1.29, 1.82) is 0 Å². The van der Waals surface area contributed by atoms with Crippen molar-refractivity contribution in [3.8, 4) is 5.88 Å². The molecule has 26 heavy (non-hydrogen) atoms. The van der Waals surface area contributed by atoms with Crippen LogP contribution in [0, 0.1) is 0 Å². The zero-order chi connectivity index (χ0) is 19.0. The number of hydrogen-bond acceptors (Lipinski definition) is 5.